The average Bonchev–Trinajstić information content (AvgIpc) is 2.66. The van der Waals surface area contributed by atoms with Crippen LogP contribution in [0.25, 0.3) is 17.2 Å². The molecule has 0 aliphatic carbocycles. The molecule has 25 heavy (non-hydrogen) atoms. The molecule has 0 aromatic heterocycles. The summed E-state index contributed by atoms with van der Waals surface area (Å²) in [7, 11) is 0. The molecule has 0 spiro atoms. The molecule has 0 saturated carbocycles. The fraction of sp³-hybridized carbons (Fsp3) is 0.0455. The van der Waals surface area contributed by atoms with Gasteiger partial charge in [-0.1, -0.05) is 66.7 Å². The fourth-order valence-corrected chi connectivity index (χ4v) is 2.52. The van der Waals surface area contributed by atoms with Gasteiger partial charge >= 0.3 is 5.97 Å². The normalized spacial score (nSPS) is 10.7. The van der Waals surface area contributed by atoms with Crippen LogP contribution in [-0.2, 0) is 11.4 Å². The predicted molar refractivity (Wildman–Crippen MR) is 99.3 cm³/mol. The number of hydrogen-bond donors (Lipinski definition) is 1. The molecule has 3 heteroatoms. The molecule has 3 nitrogen and oxygen atoms in total. The van der Waals surface area contributed by atoms with Crippen LogP contribution in [0, 0.1) is 0 Å². The zero-order chi connectivity index (χ0) is 17.5. The third-order valence-electron chi connectivity index (χ3n) is 3.76. The molecule has 3 aromatic carbocycles. The highest BCUT2D eigenvalue weighted by atomic mass is 16.5. The third kappa shape index (κ3) is 4.58. The lowest BCUT2D eigenvalue weighted by molar-refractivity contribution is -0.131. The Balaban J connectivity index is 1.89. The van der Waals surface area contributed by atoms with Gasteiger partial charge in [-0.2, -0.15) is 0 Å². The van der Waals surface area contributed by atoms with Crippen molar-refractivity contribution >= 4 is 12.0 Å². The monoisotopic (exact) mass is 330 g/mol. The maximum Gasteiger partial charge on any atom is 0.328 e. The van der Waals surface area contributed by atoms with E-state index in [2.05, 4.69) is 0 Å². The van der Waals surface area contributed by atoms with E-state index in [1.807, 2.05) is 78.9 Å². The molecule has 0 heterocycles. The first-order valence-electron chi connectivity index (χ1n) is 7.99. The molecule has 0 saturated heterocycles. The molecule has 3 aromatic rings. The SMILES string of the molecule is O=C(O)/C=C/c1cc(-c2ccccc2)ccc1OCc1ccccc1. The molecule has 0 unspecified atom stereocenters. The highest BCUT2D eigenvalue weighted by Gasteiger charge is 2.06. The van der Waals surface area contributed by atoms with Crippen LogP contribution >= 0.6 is 0 Å². The van der Waals surface area contributed by atoms with Crippen LogP contribution in [-0.4, -0.2) is 11.1 Å². The van der Waals surface area contributed by atoms with Crippen molar-refractivity contribution in [3.8, 4) is 16.9 Å². The van der Waals surface area contributed by atoms with E-state index in [9.17, 15) is 4.79 Å². The van der Waals surface area contributed by atoms with Crippen molar-refractivity contribution in [2.45, 2.75) is 6.61 Å². The fourth-order valence-electron chi connectivity index (χ4n) is 2.52. The summed E-state index contributed by atoms with van der Waals surface area (Å²) in [5, 5.41) is 8.93. The van der Waals surface area contributed by atoms with Gasteiger partial charge in [0.25, 0.3) is 0 Å². The topological polar surface area (TPSA) is 46.5 Å². The summed E-state index contributed by atoms with van der Waals surface area (Å²) in [5.41, 5.74) is 3.88. The van der Waals surface area contributed by atoms with Crippen molar-refractivity contribution in [2.24, 2.45) is 0 Å². The lowest BCUT2D eigenvalue weighted by Crippen LogP contribution is -1.97. The minimum Gasteiger partial charge on any atom is -0.488 e. The van der Waals surface area contributed by atoms with E-state index in [0.29, 0.717) is 12.4 Å². The van der Waals surface area contributed by atoms with Gasteiger partial charge < -0.3 is 9.84 Å². The van der Waals surface area contributed by atoms with Gasteiger partial charge in [-0.3, -0.25) is 0 Å². The highest BCUT2D eigenvalue weighted by molar-refractivity contribution is 5.86. The van der Waals surface area contributed by atoms with E-state index in [4.69, 9.17) is 9.84 Å². The number of carboxylic acids is 1. The van der Waals surface area contributed by atoms with Crippen molar-refractivity contribution in [3.05, 3.63) is 96.1 Å². The summed E-state index contributed by atoms with van der Waals surface area (Å²) in [6, 6.07) is 25.6. The summed E-state index contributed by atoms with van der Waals surface area (Å²) in [6.07, 6.45) is 2.69. The van der Waals surface area contributed by atoms with Crippen molar-refractivity contribution < 1.29 is 14.6 Å². The smallest absolute Gasteiger partial charge is 0.328 e. The van der Waals surface area contributed by atoms with Crippen molar-refractivity contribution in [1.82, 2.24) is 0 Å². The highest BCUT2D eigenvalue weighted by Crippen LogP contribution is 2.28. The van der Waals surface area contributed by atoms with Crippen molar-refractivity contribution in [3.63, 3.8) is 0 Å². The Morgan fingerprint density at radius 3 is 2.24 bits per heavy atom. The Labute approximate surface area is 146 Å². The molecule has 0 amide bonds. The van der Waals surface area contributed by atoms with Gasteiger partial charge in [0.1, 0.15) is 12.4 Å². The number of carbonyl (C=O) groups is 1. The molecule has 124 valence electrons. The van der Waals surface area contributed by atoms with Crippen LogP contribution in [0.1, 0.15) is 11.1 Å². The summed E-state index contributed by atoms with van der Waals surface area (Å²) >= 11 is 0. The zero-order valence-corrected chi connectivity index (χ0v) is 13.6. The lowest BCUT2D eigenvalue weighted by Gasteiger charge is -2.11. The Morgan fingerprint density at radius 1 is 0.880 bits per heavy atom. The van der Waals surface area contributed by atoms with Crippen LogP contribution < -0.4 is 4.74 Å². The Hall–Kier alpha value is -3.33. The predicted octanol–water partition coefficient (Wildman–Crippen LogP) is 5.03. The maximum atomic E-state index is 10.9. The van der Waals surface area contributed by atoms with Crippen LogP contribution in [0.5, 0.6) is 5.75 Å². The third-order valence-corrected chi connectivity index (χ3v) is 3.76. The second kappa shape index (κ2) is 7.97. The molecule has 0 radical (unpaired) electrons. The van der Waals surface area contributed by atoms with Gasteiger partial charge in [0, 0.05) is 11.6 Å². The lowest BCUT2D eigenvalue weighted by atomic mass is 10.0. The number of rotatable bonds is 6. The van der Waals surface area contributed by atoms with E-state index >= 15 is 0 Å². The van der Waals surface area contributed by atoms with Gasteiger partial charge in [0.2, 0.25) is 0 Å². The summed E-state index contributed by atoms with van der Waals surface area (Å²) in [4.78, 5) is 10.9. The molecular formula is C22H18O3. The molecular weight excluding hydrogens is 312 g/mol. The number of hydrogen-bond acceptors (Lipinski definition) is 2. The molecule has 0 aliphatic rings. The van der Waals surface area contributed by atoms with Gasteiger partial charge in [-0.25, -0.2) is 4.79 Å². The number of aliphatic carboxylic acids is 1. The summed E-state index contributed by atoms with van der Waals surface area (Å²) in [6.45, 7) is 0.430. The van der Waals surface area contributed by atoms with E-state index in [1.54, 1.807) is 6.08 Å². The second-order valence-electron chi connectivity index (χ2n) is 5.56. The summed E-state index contributed by atoms with van der Waals surface area (Å²) < 4.78 is 5.90. The van der Waals surface area contributed by atoms with E-state index in [0.717, 1.165) is 28.3 Å². The van der Waals surface area contributed by atoms with Gasteiger partial charge in [-0.05, 0) is 34.9 Å². The molecule has 0 atom stereocenters. The molecule has 3 rings (SSSR count). The first kappa shape index (κ1) is 16.5. The van der Waals surface area contributed by atoms with Gasteiger partial charge in [0.05, 0.1) is 0 Å². The van der Waals surface area contributed by atoms with Crippen molar-refractivity contribution in [1.29, 1.82) is 0 Å². The maximum absolute atomic E-state index is 10.9. The Morgan fingerprint density at radius 2 is 1.56 bits per heavy atom. The molecule has 0 aliphatic heterocycles. The zero-order valence-electron chi connectivity index (χ0n) is 13.6. The minimum absolute atomic E-state index is 0.430. The molecule has 1 N–H and O–H groups in total. The Kier molecular flexibility index (Phi) is 5.27. The number of benzene rings is 3. The number of carboxylic acid groups (broad SMARTS) is 1. The molecule has 0 bridgehead atoms. The first-order chi connectivity index (χ1) is 12.2. The Bertz CT molecular complexity index is 868. The van der Waals surface area contributed by atoms with E-state index < -0.39 is 5.97 Å². The summed E-state index contributed by atoms with van der Waals surface area (Å²) in [5.74, 6) is -0.333. The standard InChI is InChI=1S/C22H18O3/c23-22(24)14-12-20-15-19(18-9-5-2-6-10-18)11-13-21(20)25-16-17-7-3-1-4-8-17/h1-15H,16H2,(H,23,24)/b14-12+. The van der Waals surface area contributed by atoms with Gasteiger partial charge in [0.15, 0.2) is 0 Å². The van der Waals surface area contributed by atoms with Gasteiger partial charge in [-0.15, -0.1) is 0 Å². The van der Waals surface area contributed by atoms with E-state index in [1.165, 1.54) is 0 Å². The molecule has 0 fully saturated rings. The average molecular weight is 330 g/mol. The van der Waals surface area contributed by atoms with E-state index in [-0.39, 0.29) is 0 Å². The van der Waals surface area contributed by atoms with Crippen LogP contribution in [0.2, 0.25) is 0 Å². The number of ether oxygens (including phenoxy) is 1. The minimum atomic E-state index is -0.987. The van der Waals surface area contributed by atoms with Crippen LogP contribution in [0.4, 0.5) is 0 Å². The van der Waals surface area contributed by atoms with Crippen LogP contribution in [0.3, 0.4) is 0 Å². The van der Waals surface area contributed by atoms with Crippen LogP contribution in [0.15, 0.2) is 84.9 Å². The largest absolute Gasteiger partial charge is 0.488 e. The van der Waals surface area contributed by atoms with Crippen molar-refractivity contribution in [2.75, 3.05) is 0 Å². The second-order valence-corrected chi connectivity index (χ2v) is 5.56. The first-order valence-corrected chi connectivity index (χ1v) is 7.99. The quantitative estimate of drug-likeness (QED) is 0.645.